The van der Waals surface area contributed by atoms with E-state index in [1.807, 2.05) is 38.1 Å². The third-order valence-electron chi connectivity index (χ3n) is 3.66. The minimum atomic E-state index is -0.312. The summed E-state index contributed by atoms with van der Waals surface area (Å²) in [5, 5.41) is 3.54. The van der Waals surface area contributed by atoms with Gasteiger partial charge in [0, 0.05) is 41.9 Å². The van der Waals surface area contributed by atoms with E-state index in [0.29, 0.717) is 17.1 Å². The maximum Gasteiger partial charge on any atom is 0.251 e. The summed E-state index contributed by atoms with van der Waals surface area (Å²) in [4.78, 5) is 23.8. The van der Waals surface area contributed by atoms with Crippen LogP contribution in [0.3, 0.4) is 0 Å². The van der Waals surface area contributed by atoms with Crippen molar-refractivity contribution in [3.63, 3.8) is 0 Å². The van der Waals surface area contributed by atoms with Crippen LogP contribution >= 0.6 is 11.6 Å². The largest absolute Gasteiger partial charge is 0.351 e. The van der Waals surface area contributed by atoms with Gasteiger partial charge in [0.25, 0.3) is 11.5 Å². The molecule has 5 heteroatoms. The molecule has 0 atom stereocenters. The van der Waals surface area contributed by atoms with Gasteiger partial charge in [0.1, 0.15) is 0 Å². The van der Waals surface area contributed by atoms with Crippen molar-refractivity contribution in [2.45, 2.75) is 19.3 Å². The Bertz CT molecular complexity index is 750. The van der Waals surface area contributed by atoms with Crippen molar-refractivity contribution in [2.75, 3.05) is 6.54 Å². The normalized spacial score (nSPS) is 11.3. The van der Waals surface area contributed by atoms with Gasteiger partial charge in [-0.3, -0.25) is 9.59 Å². The zero-order chi connectivity index (χ0) is 16.3. The highest BCUT2D eigenvalue weighted by Gasteiger charge is 2.24. The molecule has 1 heterocycles. The standard InChI is InChI=1S/C17H19ClN2O2/c1-17(2,13-6-4-5-7-14(13)18)11-19-16(22)12-8-9-20(3)15(21)10-12/h4-10H,11H2,1-3H3,(H,19,22). The number of hydrogen-bond donors (Lipinski definition) is 1. The Morgan fingerprint density at radius 1 is 1.27 bits per heavy atom. The number of rotatable bonds is 4. The van der Waals surface area contributed by atoms with Crippen LogP contribution in [0.15, 0.2) is 47.4 Å². The molecule has 0 radical (unpaired) electrons. The molecule has 2 aromatic rings. The molecule has 116 valence electrons. The predicted octanol–water partition coefficient (Wildman–Crippen LogP) is 2.75. The van der Waals surface area contributed by atoms with E-state index >= 15 is 0 Å². The first-order valence-electron chi connectivity index (χ1n) is 7.01. The van der Waals surface area contributed by atoms with Crippen LogP contribution in [0, 0.1) is 0 Å². The van der Waals surface area contributed by atoms with Gasteiger partial charge < -0.3 is 9.88 Å². The summed E-state index contributed by atoms with van der Waals surface area (Å²) in [6, 6.07) is 10.5. The summed E-state index contributed by atoms with van der Waals surface area (Å²) in [6.07, 6.45) is 1.58. The minimum absolute atomic E-state index is 0.210. The Morgan fingerprint density at radius 2 is 1.95 bits per heavy atom. The van der Waals surface area contributed by atoms with Crippen molar-refractivity contribution in [3.05, 3.63) is 69.1 Å². The third-order valence-corrected chi connectivity index (χ3v) is 3.99. The molecule has 1 amide bonds. The fourth-order valence-electron chi connectivity index (χ4n) is 2.20. The third kappa shape index (κ3) is 3.57. The van der Waals surface area contributed by atoms with E-state index in [-0.39, 0.29) is 16.9 Å². The van der Waals surface area contributed by atoms with Gasteiger partial charge in [0.15, 0.2) is 0 Å². The van der Waals surface area contributed by atoms with E-state index in [0.717, 1.165) is 5.56 Å². The fraction of sp³-hybridized carbons (Fsp3) is 0.294. The lowest BCUT2D eigenvalue weighted by atomic mass is 9.84. The van der Waals surface area contributed by atoms with Crippen LogP contribution in [0.2, 0.25) is 5.02 Å². The molecule has 22 heavy (non-hydrogen) atoms. The molecule has 2 rings (SSSR count). The molecule has 0 saturated heterocycles. The number of carbonyl (C=O) groups excluding carboxylic acids is 1. The second-order valence-corrected chi connectivity index (χ2v) is 6.32. The van der Waals surface area contributed by atoms with Crippen LogP contribution in [0.25, 0.3) is 0 Å². The SMILES string of the molecule is Cn1ccc(C(=O)NCC(C)(C)c2ccccc2Cl)cc1=O. The summed E-state index contributed by atoms with van der Waals surface area (Å²) in [7, 11) is 1.64. The molecule has 4 nitrogen and oxygen atoms in total. The number of benzene rings is 1. The second-order valence-electron chi connectivity index (χ2n) is 5.91. The first-order chi connectivity index (χ1) is 10.3. The molecule has 1 aromatic carbocycles. The van der Waals surface area contributed by atoms with Gasteiger partial charge in [0.2, 0.25) is 0 Å². The number of nitrogens with one attached hydrogen (secondary N) is 1. The number of aromatic nitrogens is 1. The quantitative estimate of drug-likeness (QED) is 0.942. The number of nitrogens with zero attached hydrogens (tertiary/aromatic N) is 1. The highest BCUT2D eigenvalue weighted by Crippen LogP contribution is 2.29. The minimum Gasteiger partial charge on any atom is -0.351 e. The number of aryl methyl sites for hydroxylation is 1. The lowest BCUT2D eigenvalue weighted by Gasteiger charge is -2.26. The summed E-state index contributed by atoms with van der Waals surface area (Å²) in [6.45, 7) is 4.45. The Hall–Kier alpha value is -2.07. The molecule has 1 aromatic heterocycles. The zero-order valence-corrected chi connectivity index (χ0v) is 13.6. The number of halogens is 1. The van der Waals surface area contributed by atoms with Gasteiger partial charge in [-0.1, -0.05) is 43.6 Å². The maximum absolute atomic E-state index is 12.2. The first-order valence-corrected chi connectivity index (χ1v) is 7.39. The summed E-state index contributed by atoms with van der Waals surface area (Å²) < 4.78 is 1.42. The van der Waals surface area contributed by atoms with Crippen LogP contribution in [0.1, 0.15) is 29.8 Å². The monoisotopic (exact) mass is 318 g/mol. The number of amides is 1. The molecule has 0 aliphatic rings. The van der Waals surface area contributed by atoms with Gasteiger partial charge >= 0.3 is 0 Å². The molecule has 0 aliphatic carbocycles. The Morgan fingerprint density at radius 3 is 2.59 bits per heavy atom. The number of carbonyl (C=O) groups is 1. The van der Waals surface area contributed by atoms with Gasteiger partial charge in [-0.2, -0.15) is 0 Å². The van der Waals surface area contributed by atoms with Crippen LogP contribution in [0.4, 0.5) is 0 Å². The maximum atomic E-state index is 12.2. The summed E-state index contributed by atoms with van der Waals surface area (Å²) in [5.74, 6) is -0.266. The van der Waals surface area contributed by atoms with Crippen molar-refractivity contribution in [2.24, 2.45) is 7.05 Å². The van der Waals surface area contributed by atoms with E-state index in [9.17, 15) is 9.59 Å². The van der Waals surface area contributed by atoms with Crippen LogP contribution in [0.5, 0.6) is 0 Å². The molecule has 0 unspecified atom stereocenters. The molecule has 0 bridgehead atoms. The Kier molecular flexibility index (Phi) is 4.71. The molecule has 0 fully saturated rings. The van der Waals surface area contributed by atoms with E-state index in [4.69, 9.17) is 11.6 Å². The van der Waals surface area contributed by atoms with E-state index in [1.54, 1.807) is 19.3 Å². The number of hydrogen-bond acceptors (Lipinski definition) is 2. The first kappa shape index (κ1) is 16.3. The van der Waals surface area contributed by atoms with Crippen molar-refractivity contribution in [1.82, 2.24) is 9.88 Å². The molecular formula is C17H19ClN2O2. The molecule has 1 N–H and O–H groups in total. The smallest absolute Gasteiger partial charge is 0.251 e. The number of pyridine rings is 1. The Labute approximate surface area is 134 Å². The van der Waals surface area contributed by atoms with Crippen molar-refractivity contribution in [3.8, 4) is 0 Å². The van der Waals surface area contributed by atoms with Crippen molar-refractivity contribution >= 4 is 17.5 Å². The average molecular weight is 319 g/mol. The van der Waals surface area contributed by atoms with Crippen molar-refractivity contribution < 1.29 is 4.79 Å². The predicted molar refractivity (Wildman–Crippen MR) is 88.5 cm³/mol. The van der Waals surface area contributed by atoms with Crippen LogP contribution < -0.4 is 10.9 Å². The second kappa shape index (κ2) is 6.36. The highest BCUT2D eigenvalue weighted by molar-refractivity contribution is 6.31. The van der Waals surface area contributed by atoms with Gasteiger partial charge in [-0.25, -0.2) is 0 Å². The molecule has 0 aliphatic heterocycles. The zero-order valence-electron chi connectivity index (χ0n) is 12.9. The Balaban J connectivity index is 2.11. The fourth-order valence-corrected chi connectivity index (χ4v) is 2.59. The summed E-state index contributed by atoms with van der Waals surface area (Å²) >= 11 is 6.22. The van der Waals surface area contributed by atoms with E-state index in [2.05, 4.69) is 5.32 Å². The van der Waals surface area contributed by atoms with Crippen LogP contribution in [-0.4, -0.2) is 17.0 Å². The lowest BCUT2D eigenvalue weighted by molar-refractivity contribution is 0.0945. The highest BCUT2D eigenvalue weighted by atomic mass is 35.5. The molecule has 0 saturated carbocycles. The summed E-state index contributed by atoms with van der Waals surface area (Å²) in [5.41, 5.74) is 0.810. The topological polar surface area (TPSA) is 51.1 Å². The van der Waals surface area contributed by atoms with Crippen LogP contribution in [-0.2, 0) is 12.5 Å². The van der Waals surface area contributed by atoms with Gasteiger partial charge in [-0.05, 0) is 17.7 Å². The molecule has 0 spiro atoms. The van der Waals surface area contributed by atoms with E-state index < -0.39 is 0 Å². The van der Waals surface area contributed by atoms with E-state index in [1.165, 1.54) is 10.6 Å². The molecular weight excluding hydrogens is 300 g/mol. The van der Waals surface area contributed by atoms with Crippen molar-refractivity contribution in [1.29, 1.82) is 0 Å². The average Bonchev–Trinajstić information content (AvgIpc) is 2.48. The van der Waals surface area contributed by atoms with Gasteiger partial charge in [0.05, 0.1) is 0 Å². The lowest BCUT2D eigenvalue weighted by Crippen LogP contribution is -2.37. The van der Waals surface area contributed by atoms with Gasteiger partial charge in [-0.15, -0.1) is 0 Å².